The number of hydrogen-bond acceptors (Lipinski definition) is 4. The normalized spacial score (nSPS) is 13.1. The van der Waals surface area contributed by atoms with Crippen molar-refractivity contribution in [1.29, 1.82) is 0 Å². The zero-order chi connectivity index (χ0) is 19.6. The van der Waals surface area contributed by atoms with Gasteiger partial charge in [0.05, 0.1) is 12.5 Å². The molecule has 1 aromatic heterocycles. The molecule has 0 saturated carbocycles. The quantitative estimate of drug-likeness (QED) is 0.376. The van der Waals surface area contributed by atoms with Gasteiger partial charge in [-0.1, -0.05) is 57.0 Å². The zero-order valence-corrected chi connectivity index (χ0v) is 16.6. The van der Waals surface area contributed by atoms with Crippen molar-refractivity contribution in [2.75, 3.05) is 6.61 Å². The molecule has 0 bridgehead atoms. The van der Waals surface area contributed by atoms with Crippen molar-refractivity contribution in [1.82, 2.24) is 0 Å². The van der Waals surface area contributed by atoms with Crippen molar-refractivity contribution in [3.63, 3.8) is 0 Å². The van der Waals surface area contributed by atoms with Crippen LogP contribution in [0.2, 0.25) is 0 Å². The van der Waals surface area contributed by atoms with Crippen molar-refractivity contribution in [3.8, 4) is 0 Å². The first-order chi connectivity index (χ1) is 13.1. The number of esters is 1. The fraction of sp³-hybridized carbons (Fsp3) is 0.478. The standard InChI is InChI=1S/C23H30O4/c1-4-6-12-19(23(25)26-15-5-2)20(22-14-13-17(3)27-22)16-21(24)18-10-8-7-9-11-18/h7-11,13-14,19-20H,4-6,12,15-16H2,1-3H3/t19?,20-/m0/s1. The second-order valence-electron chi connectivity index (χ2n) is 6.96. The zero-order valence-electron chi connectivity index (χ0n) is 16.6. The highest BCUT2D eigenvalue weighted by atomic mass is 16.5. The number of carbonyl (C=O) groups is 2. The lowest BCUT2D eigenvalue weighted by molar-refractivity contribution is -0.150. The van der Waals surface area contributed by atoms with Gasteiger partial charge < -0.3 is 9.15 Å². The van der Waals surface area contributed by atoms with Crippen LogP contribution in [0.3, 0.4) is 0 Å². The Morgan fingerprint density at radius 3 is 2.37 bits per heavy atom. The molecule has 2 rings (SSSR count). The Hall–Kier alpha value is -2.36. The van der Waals surface area contributed by atoms with E-state index in [0.717, 1.165) is 25.0 Å². The predicted molar refractivity (Wildman–Crippen MR) is 106 cm³/mol. The van der Waals surface area contributed by atoms with Gasteiger partial charge in [-0.05, 0) is 31.9 Å². The number of carbonyl (C=O) groups excluding carboxylic acids is 2. The predicted octanol–water partition coefficient (Wildman–Crippen LogP) is 5.70. The molecule has 0 saturated heterocycles. The minimum atomic E-state index is -0.380. The SMILES string of the molecule is CCCCC(C(=O)OCCC)[C@H](CC(=O)c1ccccc1)c1ccc(C)o1. The summed E-state index contributed by atoms with van der Waals surface area (Å²) < 4.78 is 11.3. The Kier molecular flexibility index (Phi) is 8.31. The van der Waals surface area contributed by atoms with Crippen LogP contribution >= 0.6 is 0 Å². The molecular weight excluding hydrogens is 340 g/mol. The van der Waals surface area contributed by atoms with Crippen LogP contribution in [0.25, 0.3) is 0 Å². The first-order valence-electron chi connectivity index (χ1n) is 9.88. The number of aryl methyl sites for hydroxylation is 1. The van der Waals surface area contributed by atoms with Crippen LogP contribution in [0.5, 0.6) is 0 Å². The third-order valence-electron chi connectivity index (χ3n) is 4.73. The Morgan fingerprint density at radius 1 is 1.04 bits per heavy atom. The van der Waals surface area contributed by atoms with Gasteiger partial charge >= 0.3 is 5.97 Å². The summed E-state index contributed by atoms with van der Waals surface area (Å²) in [6.45, 7) is 6.34. The maximum atomic E-state index is 12.9. The summed E-state index contributed by atoms with van der Waals surface area (Å²) in [4.78, 5) is 25.6. The van der Waals surface area contributed by atoms with Crippen LogP contribution in [0.15, 0.2) is 46.9 Å². The van der Waals surface area contributed by atoms with Gasteiger partial charge in [-0.25, -0.2) is 0 Å². The molecule has 1 unspecified atom stereocenters. The van der Waals surface area contributed by atoms with Crippen LogP contribution in [0.4, 0.5) is 0 Å². The molecule has 0 spiro atoms. The lowest BCUT2D eigenvalue weighted by Crippen LogP contribution is -2.27. The van der Waals surface area contributed by atoms with E-state index in [4.69, 9.17) is 9.15 Å². The monoisotopic (exact) mass is 370 g/mol. The van der Waals surface area contributed by atoms with E-state index in [9.17, 15) is 9.59 Å². The second kappa shape index (κ2) is 10.7. The highest BCUT2D eigenvalue weighted by Crippen LogP contribution is 2.35. The molecule has 27 heavy (non-hydrogen) atoms. The number of rotatable bonds is 11. The van der Waals surface area contributed by atoms with Gasteiger partial charge in [0.15, 0.2) is 5.78 Å². The summed E-state index contributed by atoms with van der Waals surface area (Å²) in [5, 5.41) is 0. The topological polar surface area (TPSA) is 56.5 Å². The summed E-state index contributed by atoms with van der Waals surface area (Å²) in [5.41, 5.74) is 0.655. The van der Waals surface area contributed by atoms with E-state index in [1.54, 1.807) is 0 Å². The Bertz CT molecular complexity index is 717. The molecule has 0 fully saturated rings. The van der Waals surface area contributed by atoms with Gasteiger partial charge in [0.25, 0.3) is 0 Å². The van der Waals surface area contributed by atoms with E-state index in [0.29, 0.717) is 24.4 Å². The van der Waals surface area contributed by atoms with Crippen LogP contribution < -0.4 is 0 Å². The average Bonchev–Trinajstić information content (AvgIpc) is 3.12. The Morgan fingerprint density at radius 2 is 1.78 bits per heavy atom. The number of furan rings is 1. The second-order valence-corrected chi connectivity index (χ2v) is 6.96. The number of benzene rings is 1. The molecule has 0 amide bonds. The van der Waals surface area contributed by atoms with Crippen molar-refractivity contribution in [2.45, 2.75) is 58.8 Å². The maximum Gasteiger partial charge on any atom is 0.309 e. The average molecular weight is 370 g/mol. The van der Waals surface area contributed by atoms with Gasteiger partial charge in [0, 0.05) is 17.9 Å². The summed E-state index contributed by atoms with van der Waals surface area (Å²) in [6, 6.07) is 13.0. The Labute approximate surface area is 161 Å². The van der Waals surface area contributed by atoms with Crippen molar-refractivity contribution >= 4 is 11.8 Å². The smallest absolute Gasteiger partial charge is 0.309 e. The molecule has 0 aliphatic carbocycles. The fourth-order valence-corrected chi connectivity index (χ4v) is 3.25. The summed E-state index contributed by atoms with van der Waals surface area (Å²) in [7, 11) is 0. The van der Waals surface area contributed by atoms with Crippen LogP contribution in [0.1, 0.15) is 73.7 Å². The molecule has 0 N–H and O–H groups in total. The molecular formula is C23H30O4. The molecule has 1 heterocycles. The molecule has 146 valence electrons. The van der Waals surface area contributed by atoms with Crippen molar-refractivity contribution < 1.29 is 18.7 Å². The lowest BCUT2D eigenvalue weighted by Gasteiger charge is -2.24. The third kappa shape index (κ3) is 6.09. The van der Waals surface area contributed by atoms with Gasteiger partial charge in [0.2, 0.25) is 0 Å². The molecule has 0 aliphatic rings. The molecule has 4 heteroatoms. The van der Waals surface area contributed by atoms with Gasteiger partial charge in [-0.15, -0.1) is 0 Å². The maximum absolute atomic E-state index is 12.9. The van der Waals surface area contributed by atoms with E-state index >= 15 is 0 Å². The molecule has 2 aromatic rings. The van der Waals surface area contributed by atoms with Crippen LogP contribution in [0, 0.1) is 12.8 Å². The number of ether oxygens (including phenoxy) is 1. The van der Waals surface area contributed by atoms with Crippen molar-refractivity contribution in [3.05, 3.63) is 59.5 Å². The Balaban J connectivity index is 2.30. The minimum absolute atomic E-state index is 0.0134. The van der Waals surface area contributed by atoms with Gasteiger partial charge in [-0.3, -0.25) is 9.59 Å². The van der Waals surface area contributed by atoms with E-state index in [1.807, 2.05) is 56.3 Å². The van der Waals surface area contributed by atoms with Crippen molar-refractivity contribution in [2.24, 2.45) is 5.92 Å². The van der Waals surface area contributed by atoms with E-state index in [2.05, 4.69) is 6.92 Å². The fourth-order valence-electron chi connectivity index (χ4n) is 3.25. The number of ketones is 1. The summed E-state index contributed by atoms with van der Waals surface area (Å²) in [6.07, 6.45) is 3.58. The van der Waals surface area contributed by atoms with E-state index < -0.39 is 0 Å². The highest BCUT2D eigenvalue weighted by Gasteiger charge is 2.34. The number of unbranched alkanes of at least 4 members (excludes halogenated alkanes) is 1. The van der Waals surface area contributed by atoms with E-state index in [-0.39, 0.29) is 30.0 Å². The molecule has 0 radical (unpaired) electrons. The number of hydrogen-bond donors (Lipinski definition) is 0. The van der Waals surface area contributed by atoms with Crippen LogP contribution in [-0.2, 0) is 9.53 Å². The van der Waals surface area contributed by atoms with Gasteiger partial charge in [-0.2, -0.15) is 0 Å². The molecule has 1 aromatic carbocycles. The lowest BCUT2D eigenvalue weighted by atomic mass is 9.81. The molecule has 0 aliphatic heterocycles. The van der Waals surface area contributed by atoms with E-state index in [1.165, 1.54) is 0 Å². The first kappa shape index (κ1) is 20.9. The molecule has 4 nitrogen and oxygen atoms in total. The van der Waals surface area contributed by atoms with Gasteiger partial charge in [0.1, 0.15) is 11.5 Å². The number of Topliss-reactive ketones (excluding diaryl/α,β-unsaturated/α-hetero) is 1. The minimum Gasteiger partial charge on any atom is -0.466 e. The highest BCUT2D eigenvalue weighted by molar-refractivity contribution is 5.96. The molecule has 2 atom stereocenters. The third-order valence-corrected chi connectivity index (χ3v) is 4.73. The van der Waals surface area contributed by atoms with Crippen LogP contribution in [-0.4, -0.2) is 18.4 Å². The summed E-state index contributed by atoms with van der Waals surface area (Å²) in [5.74, 6) is 0.548. The summed E-state index contributed by atoms with van der Waals surface area (Å²) >= 11 is 0. The largest absolute Gasteiger partial charge is 0.466 e. The first-order valence-corrected chi connectivity index (χ1v) is 9.88.